The maximum atomic E-state index is 2.58. The Hall–Kier alpha value is -6.06. The topological polar surface area (TPSA) is 9.72 Å². The largest absolute Gasteiger partial charge is 0.344 e. The van der Waals surface area contributed by atoms with E-state index in [1.54, 1.807) is 0 Å². The second-order valence-corrected chi connectivity index (χ2v) is 13.8. The smallest absolute Gasteiger partial charge is 0.0782 e. The summed E-state index contributed by atoms with van der Waals surface area (Å²) < 4.78 is 0. The fourth-order valence-electron chi connectivity index (χ4n) is 10.1. The van der Waals surface area contributed by atoms with Crippen LogP contribution in [-0.2, 0) is 10.8 Å². The highest BCUT2D eigenvalue weighted by molar-refractivity contribution is 6.01. The summed E-state index contributed by atoms with van der Waals surface area (Å²) in [5.74, 6) is 0. The minimum Gasteiger partial charge on any atom is -0.344 e. The van der Waals surface area contributed by atoms with Gasteiger partial charge in [0, 0.05) is 36.8 Å². The average Bonchev–Trinajstić information content (AvgIpc) is 3.17. The number of anilines is 7. The van der Waals surface area contributed by atoms with Crippen LogP contribution in [0.1, 0.15) is 44.5 Å². The molecule has 2 spiro atoms. The maximum absolute atomic E-state index is 2.58. The van der Waals surface area contributed by atoms with Crippen LogP contribution in [0.5, 0.6) is 0 Å². The summed E-state index contributed by atoms with van der Waals surface area (Å²) in [4.78, 5) is 7.33. The van der Waals surface area contributed by atoms with Crippen molar-refractivity contribution >= 4 is 39.8 Å². The van der Waals surface area contributed by atoms with Crippen molar-refractivity contribution in [1.82, 2.24) is 0 Å². The van der Waals surface area contributed by atoms with Gasteiger partial charge < -0.3 is 14.7 Å². The summed E-state index contributed by atoms with van der Waals surface area (Å²) in [5, 5.41) is 0. The molecule has 0 atom stereocenters. The quantitative estimate of drug-likeness (QED) is 0.166. The van der Waals surface area contributed by atoms with Gasteiger partial charge in [-0.15, -0.1) is 0 Å². The van der Waals surface area contributed by atoms with Crippen molar-refractivity contribution in [3.05, 3.63) is 208 Å². The third kappa shape index (κ3) is 2.98. The highest BCUT2D eigenvalue weighted by Gasteiger charge is 2.57. The van der Waals surface area contributed by atoms with Crippen molar-refractivity contribution in [1.29, 1.82) is 0 Å². The normalized spacial score (nSPS) is 16.2. The van der Waals surface area contributed by atoms with Crippen LogP contribution in [0.25, 0.3) is 0 Å². The van der Waals surface area contributed by atoms with Gasteiger partial charge in [0.25, 0.3) is 0 Å². The lowest BCUT2D eigenvalue weighted by Gasteiger charge is -2.56. The zero-order valence-electron chi connectivity index (χ0n) is 27.4. The molecule has 0 amide bonds. The van der Waals surface area contributed by atoms with Gasteiger partial charge in [0.15, 0.2) is 0 Å². The first-order valence-electron chi connectivity index (χ1n) is 17.2. The fraction of sp³-hybridized carbons (Fsp3) is 0.0870. The van der Waals surface area contributed by atoms with Gasteiger partial charge in [0.2, 0.25) is 0 Å². The predicted octanol–water partition coefficient (Wildman–Crippen LogP) is 10.7. The second-order valence-electron chi connectivity index (χ2n) is 13.8. The molecule has 0 N–H and O–H groups in total. The lowest BCUT2D eigenvalue weighted by Crippen LogP contribution is -2.47. The van der Waals surface area contributed by atoms with E-state index in [1.807, 2.05) is 0 Å². The first-order valence-corrected chi connectivity index (χ1v) is 17.2. The molecule has 0 radical (unpaired) electrons. The minimum absolute atomic E-state index is 0.532. The first kappa shape index (κ1) is 26.9. The molecule has 0 fully saturated rings. The van der Waals surface area contributed by atoms with Crippen LogP contribution in [-0.4, -0.2) is 14.1 Å². The predicted molar refractivity (Wildman–Crippen MR) is 201 cm³/mol. The average molecular weight is 628 g/mol. The van der Waals surface area contributed by atoms with Crippen LogP contribution in [0.3, 0.4) is 0 Å². The lowest BCUT2D eigenvalue weighted by atomic mass is 9.55. The van der Waals surface area contributed by atoms with Crippen LogP contribution >= 0.6 is 0 Å². The number of fused-ring (bicyclic) bond motifs is 16. The molecule has 4 heterocycles. The Morgan fingerprint density at radius 3 is 0.857 bits per heavy atom. The van der Waals surface area contributed by atoms with Gasteiger partial charge in [-0.05, 0) is 80.9 Å². The Labute approximate surface area is 286 Å². The molecule has 4 aliphatic heterocycles. The summed E-state index contributed by atoms with van der Waals surface area (Å²) in [6.45, 7) is 0. The molecule has 4 aliphatic rings. The number of benzene rings is 7. The molecule has 7 aromatic carbocycles. The number of hydrogen-bond donors (Lipinski definition) is 0. The van der Waals surface area contributed by atoms with Crippen LogP contribution in [0.2, 0.25) is 0 Å². The zero-order chi connectivity index (χ0) is 32.5. The SMILES string of the molecule is CN1c2ccccc2C2(c3ccccc31)c1ccccc1N1c3ccccc3C3(c4ccccc4N(C)c4ccccc43)c3cccc2c31. The van der Waals surface area contributed by atoms with Gasteiger partial charge in [-0.3, -0.25) is 0 Å². The van der Waals surface area contributed by atoms with Gasteiger partial charge >= 0.3 is 0 Å². The van der Waals surface area contributed by atoms with Gasteiger partial charge in [-0.1, -0.05) is 127 Å². The van der Waals surface area contributed by atoms with E-state index in [9.17, 15) is 0 Å². The van der Waals surface area contributed by atoms with Crippen molar-refractivity contribution in [2.24, 2.45) is 0 Å². The summed E-state index contributed by atoms with van der Waals surface area (Å²) in [7, 11) is 4.42. The lowest BCUT2D eigenvalue weighted by molar-refractivity contribution is 0.677. The van der Waals surface area contributed by atoms with E-state index in [0.717, 1.165) is 0 Å². The van der Waals surface area contributed by atoms with Crippen molar-refractivity contribution in [3.8, 4) is 0 Å². The fourth-order valence-corrected chi connectivity index (χ4v) is 10.1. The standard InChI is InChI=1S/C46H33N3/c1-47-38-24-9-3-16-30(38)45(31-17-4-10-25-39(31)47)34-20-7-13-28-42(34)49-43-29-14-8-21-35(43)46(37-23-15-22-36(45)44(37)49)32-18-5-11-26-40(32)48(2)41-27-12-6-19-33(41)46/h3-29H,1-2H3. The van der Waals surface area contributed by atoms with Crippen LogP contribution in [0.15, 0.2) is 164 Å². The molecule has 232 valence electrons. The van der Waals surface area contributed by atoms with Crippen LogP contribution in [0.4, 0.5) is 39.8 Å². The molecule has 11 rings (SSSR count). The zero-order valence-corrected chi connectivity index (χ0v) is 27.4. The van der Waals surface area contributed by atoms with E-state index in [4.69, 9.17) is 0 Å². The van der Waals surface area contributed by atoms with Crippen molar-refractivity contribution in [3.63, 3.8) is 0 Å². The summed E-state index contributed by atoms with van der Waals surface area (Å²) in [6, 6.07) is 61.6. The Balaban J connectivity index is 1.38. The molecule has 3 heteroatoms. The molecule has 49 heavy (non-hydrogen) atoms. The van der Waals surface area contributed by atoms with E-state index in [1.165, 1.54) is 84.3 Å². The van der Waals surface area contributed by atoms with Crippen molar-refractivity contribution in [2.75, 3.05) is 28.8 Å². The van der Waals surface area contributed by atoms with Gasteiger partial charge in [0.05, 0.1) is 27.9 Å². The summed E-state index contributed by atoms with van der Waals surface area (Å²) in [6.07, 6.45) is 0. The number of rotatable bonds is 0. The molecule has 0 saturated heterocycles. The van der Waals surface area contributed by atoms with E-state index >= 15 is 0 Å². The third-order valence-electron chi connectivity index (χ3n) is 11.8. The second kappa shape index (κ2) is 9.30. The van der Waals surface area contributed by atoms with Crippen LogP contribution in [0, 0.1) is 0 Å². The van der Waals surface area contributed by atoms with Gasteiger partial charge in [-0.2, -0.15) is 0 Å². The molecule has 0 unspecified atom stereocenters. The Morgan fingerprint density at radius 1 is 0.286 bits per heavy atom. The molecular formula is C46H33N3. The molecule has 7 aromatic rings. The molecule has 0 saturated carbocycles. The Morgan fingerprint density at radius 2 is 0.531 bits per heavy atom. The summed E-state index contributed by atoms with van der Waals surface area (Å²) >= 11 is 0. The maximum Gasteiger partial charge on any atom is 0.0782 e. The third-order valence-corrected chi connectivity index (χ3v) is 11.8. The number of para-hydroxylation sites is 7. The first-order chi connectivity index (χ1) is 24.2. The van der Waals surface area contributed by atoms with Gasteiger partial charge in [0.1, 0.15) is 0 Å². The number of hydrogen-bond acceptors (Lipinski definition) is 3. The van der Waals surface area contributed by atoms with E-state index < -0.39 is 10.8 Å². The molecule has 0 aliphatic carbocycles. The highest BCUT2D eigenvalue weighted by Crippen LogP contribution is 2.69. The highest BCUT2D eigenvalue weighted by atomic mass is 15.2. The molecule has 3 nitrogen and oxygen atoms in total. The van der Waals surface area contributed by atoms with E-state index in [0.29, 0.717) is 0 Å². The van der Waals surface area contributed by atoms with Crippen molar-refractivity contribution in [2.45, 2.75) is 10.8 Å². The minimum atomic E-state index is -0.532. The Kier molecular flexibility index (Phi) is 5.11. The molecule has 0 bridgehead atoms. The van der Waals surface area contributed by atoms with Gasteiger partial charge in [-0.25, -0.2) is 0 Å². The van der Waals surface area contributed by atoms with Crippen molar-refractivity contribution < 1.29 is 0 Å². The van der Waals surface area contributed by atoms with Crippen LogP contribution < -0.4 is 14.7 Å². The molecular weight excluding hydrogens is 595 g/mol. The van der Waals surface area contributed by atoms with E-state index in [-0.39, 0.29) is 0 Å². The summed E-state index contributed by atoms with van der Waals surface area (Å²) in [5.41, 5.74) is 18.1. The Bertz CT molecular complexity index is 2260. The van der Waals surface area contributed by atoms with E-state index in [2.05, 4.69) is 193 Å². The monoisotopic (exact) mass is 627 g/mol. The number of nitrogens with zero attached hydrogens (tertiary/aromatic N) is 3. The molecule has 0 aromatic heterocycles.